The van der Waals surface area contributed by atoms with E-state index in [0.717, 1.165) is 37.4 Å². The van der Waals surface area contributed by atoms with E-state index in [4.69, 9.17) is 20.9 Å². The standard InChI is InChI=1S/C18H16ClN3O2S/c19-16(18-20-17(21-24-18)14-5-10-25-12-14)11-13-1-3-15(4-2-13)22-6-8-23-9-7-22/h1-5,10-12H,6-9H2/b16-11-. The molecule has 0 atom stereocenters. The van der Waals surface area contributed by atoms with Crippen LogP contribution in [-0.2, 0) is 4.74 Å². The summed E-state index contributed by atoms with van der Waals surface area (Å²) < 4.78 is 10.6. The van der Waals surface area contributed by atoms with E-state index in [1.807, 2.05) is 35.0 Å². The summed E-state index contributed by atoms with van der Waals surface area (Å²) in [7, 11) is 0. The molecule has 1 aliphatic rings. The maximum Gasteiger partial charge on any atom is 0.269 e. The Morgan fingerprint density at radius 1 is 1.16 bits per heavy atom. The van der Waals surface area contributed by atoms with Crippen molar-refractivity contribution in [3.8, 4) is 11.4 Å². The van der Waals surface area contributed by atoms with Gasteiger partial charge in [0.05, 0.1) is 13.2 Å². The van der Waals surface area contributed by atoms with Crippen LogP contribution >= 0.6 is 22.9 Å². The Labute approximate surface area is 154 Å². The van der Waals surface area contributed by atoms with Crippen molar-refractivity contribution in [3.05, 3.63) is 52.5 Å². The molecule has 0 bridgehead atoms. The van der Waals surface area contributed by atoms with Crippen molar-refractivity contribution >= 4 is 39.7 Å². The van der Waals surface area contributed by atoms with Gasteiger partial charge in [0.2, 0.25) is 5.82 Å². The second kappa shape index (κ2) is 7.39. The second-order valence-electron chi connectivity index (χ2n) is 5.62. The summed E-state index contributed by atoms with van der Waals surface area (Å²) in [5.74, 6) is 0.866. The van der Waals surface area contributed by atoms with Crippen molar-refractivity contribution in [3.63, 3.8) is 0 Å². The van der Waals surface area contributed by atoms with E-state index in [-0.39, 0.29) is 0 Å². The van der Waals surface area contributed by atoms with Crippen molar-refractivity contribution in [1.82, 2.24) is 10.1 Å². The molecule has 3 heterocycles. The van der Waals surface area contributed by atoms with E-state index in [1.165, 1.54) is 5.69 Å². The SMILES string of the molecule is Cl/C(=C\c1ccc(N2CCOCC2)cc1)c1nc(-c2ccsc2)no1. The normalized spacial score (nSPS) is 15.6. The number of hydrogen-bond acceptors (Lipinski definition) is 6. The molecule has 4 rings (SSSR count). The van der Waals surface area contributed by atoms with Crippen LogP contribution in [0.2, 0.25) is 0 Å². The van der Waals surface area contributed by atoms with Crippen molar-refractivity contribution < 1.29 is 9.26 Å². The molecule has 0 aliphatic carbocycles. The molecule has 0 amide bonds. The Bertz CT molecular complexity index is 853. The van der Waals surface area contributed by atoms with Gasteiger partial charge in [0, 0.05) is 29.7 Å². The lowest BCUT2D eigenvalue weighted by molar-refractivity contribution is 0.122. The molecule has 1 fully saturated rings. The zero-order valence-electron chi connectivity index (χ0n) is 13.4. The molecule has 25 heavy (non-hydrogen) atoms. The Morgan fingerprint density at radius 2 is 1.96 bits per heavy atom. The van der Waals surface area contributed by atoms with Crippen LogP contribution in [0.3, 0.4) is 0 Å². The number of halogens is 1. The van der Waals surface area contributed by atoms with Crippen LogP contribution < -0.4 is 4.90 Å². The van der Waals surface area contributed by atoms with Gasteiger partial charge in [-0.1, -0.05) is 28.9 Å². The van der Waals surface area contributed by atoms with Crippen molar-refractivity contribution in [1.29, 1.82) is 0 Å². The first kappa shape index (κ1) is 16.3. The summed E-state index contributed by atoms with van der Waals surface area (Å²) >= 11 is 7.93. The zero-order valence-corrected chi connectivity index (χ0v) is 15.0. The van der Waals surface area contributed by atoms with E-state index in [0.29, 0.717) is 16.7 Å². The van der Waals surface area contributed by atoms with Gasteiger partial charge in [-0.2, -0.15) is 16.3 Å². The molecule has 1 saturated heterocycles. The molecule has 7 heteroatoms. The first-order valence-electron chi connectivity index (χ1n) is 7.96. The second-order valence-corrected chi connectivity index (χ2v) is 6.81. The highest BCUT2D eigenvalue weighted by atomic mass is 35.5. The van der Waals surface area contributed by atoms with Crippen LogP contribution in [0.25, 0.3) is 22.5 Å². The summed E-state index contributed by atoms with van der Waals surface area (Å²) in [4.78, 5) is 6.66. The number of ether oxygens (including phenoxy) is 1. The maximum absolute atomic E-state index is 6.34. The number of benzene rings is 1. The third-order valence-electron chi connectivity index (χ3n) is 3.97. The molecule has 0 unspecified atom stereocenters. The zero-order chi connectivity index (χ0) is 17.1. The smallest absolute Gasteiger partial charge is 0.269 e. The molecule has 1 aromatic carbocycles. The van der Waals surface area contributed by atoms with Gasteiger partial charge in [0.1, 0.15) is 5.03 Å². The van der Waals surface area contributed by atoms with Crippen LogP contribution in [0.1, 0.15) is 11.5 Å². The third-order valence-corrected chi connectivity index (χ3v) is 4.93. The van der Waals surface area contributed by atoms with E-state index >= 15 is 0 Å². The minimum absolute atomic E-state index is 0.320. The number of morpholine rings is 1. The fourth-order valence-electron chi connectivity index (χ4n) is 2.64. The van der Waals surface area contributed by atoms with Gasteiger partial charge in [0.15, 0.2) is 0 Å². The van der Waals surface area contributed by atoms with E-state index in [9.17, 15) is 0 Å². The highest BCUT2D eigenvalue weighted by molar-refractivity contribution is 7.08. The average Bonchev–Trinajstić information content (AvgIpc) is 3.35. The summed E-state index contributed by atoms with van der Waals surface area (Å²) in [6, 6.07) is 10.2. The lowest BCUT2D eigenvalue weighted by atomic mass is 10.1. The van der Waals surface area contributed by atoms with Crippen molar-refractivity contribution in [2.24, 2.45) is 0 Å². The monoisotopic (exact) mass is 373 g/mol. The predicted octanol–water partition coefficient (Wildman–Crippen LogP) is 4.37. The minimum Gasteiger partial charge on any atom is -0.378 e. The quantitative estimate of drug-likeness (QED) is 0.679. The molecule has 0 spiro atoms. The molecular formula is C18H16ClN3O2S. The van der Waals surface area contributed by atoms with E-state index in [2.05, 4.69) is 27.2 Å². The summed E-state index contributed by atoms with van der Waals surface area (Å²) in [6.45, 7) is 3.39. The fourth-order valence-corrected chi connectivity index (χ4v) is 3.48. The molecule has 2 aromatic heterocycles. The molecule has 128 valence electrons. The Balaban J connectivity index is 1.50. The van der Waals surface area contributed by atoms with E-state index < -0.39 is 0 Å². The minimum atomic E-state index is 0.320. The van der Waals surface area contributed by atoms with Gasteiger partial charge >= 0.3 is 0 Å². The Morgan fingerprint density at radius 3 is 2.68 bits per heavy atom. The number of thiophene rings is 1. The largest absolute Gasteiger partial charge is 0.378 e. The summed E-state index contributed by atoms with van der Waals surface area (Å²) in [5, 5.41) is 8.34. The first-order chi connectivity index (χ1) is 12.3. The Hall–Kier alpha value is -2.15. The molecule has 3 aromatic rings. The van der Waals surface area contributed by atoms with Crippen LogP contribution in [0.5, 0.6) is 0 Å². The van der Waals surface area contributed by atoms with Gasteiger partial charge < -0.3 is 14.2 Å². The molecule has 1 aliphatic heterocycles. The molecular weight excluding hydrogens is 358 g/mol. The maximum atomic E-state index is 6.34. The highest BCUT2D eigenvalue weighted by Crippen LogP contribution is 2.26. The predicted molar refractivity (Wildman–Crippen MR) is 101 cm³/mol. The molecule has 0 saturated carbocycles. The average molecular weight is 374 g/mol. The third kappa shape index (κ3) is 3.76. The van der Waals surface area contributed by atoms with Gasteiger partial charge in [0.25, 0.3) is 5.89 Å². The van der Waals surface area contributed by atoms with Gasteiger partial charge in [-0.05, 0) is 35.2 Å². The number of nitrogens with zero attached hydrogens (tertiary/aromatic N) is 3. The first-order valence-corrected chi connectivity index (χ1v) is 9.28. The van der Waals surface area contributed by atoms with E-state index in [1.54, 1.807) is 11.3 Å². The van der Waals surface area contributed by atoms with Crippen LogP contribution in [0.4, 0.5) is 5.69 Å². The number of anilines is 1. The fraction of sp³-hybridized carbons (Fsp3) is 0.222. The topological polar surface area (TPSA) is 51.4 Å². The van der Waals surface area contributed by atoms with Crippen molar-refractivity contribution in [2.45, 2.75) is 0 Å². The van der Waals surface area contributed by atoms with Crippen LogP contribution in [0, 0.1) is 0 Å². The van der Waals surface area contributed by atoms with Gasteiger partial charge in [-0.15, -0.1) is 0 Å². The van der Waals surface area contributed by atoms with Gasteiger partial charge in [-0.3, -0.25) is 0 Å². The summed E-state index contributed by atoms with van der Waals surface area (Å²) in [5.41, 5.74) is 3.10. The lowest BCUT2D eigenvalue weighted by Gasteiger charge is -2.28. The number of aromatic nitrogens is 2. The van der Waals surface area contributed by atoms with Crippen molar-refractivity contribution in [2.75, 3.05) is 31.2 Å². The highest BCUT2D eigenvalue weighted by Gasteiger charge is 2.13. The lowest BCUT2D eigenvalue weighted by Crippen LogP contribution is -2.36. The molecule has 0 radical (unpaired) electrons. The van der Waals surface area contributed by atoms with Crippen LogP contribution in [0.15, 0.2) is 45.6 Å². The van der Waals surface area contributed by atoms with Crippen LogP contribution in [-0.4, -0.2) is 36.4 Å². The molecule has 5 nitrogen and oxygen atoms in total. The van der Waals surface area contributed by atoms with Gasteiger partial charge in [-0.25, -0.2) is 0 Å². The Kier molecular flexibility index (Phi) is 4.83. The molecule has 0 N–H and O–H groups in total. The summed E-state index contributed by atoms with van der Waals surface area (Å²) in [6.07, 6.45) is 1.83. The number of rotatable bonds is 4. The number of hydrogen-bond donors (Lipinski definition) is 0.